The van der Waals surface area contributed by atoms with E-state index in [9.17, 15) is 0 Å². The SMILES string of the molecule is CCCCCCC(CCCN)c1ccccc1. The van der Waals surface area contributed by atoms with Crippen molar-refractivity contribution < 1.29 is 0 Å². The summed E-state index contributed by atoms with van der Waals surface area (Å²) in [6.07, 6.45) is 9.14. The predicted molar refractivity (Wildman–Crippen MR) is 76.2 cm³/mol. The molecule has 0 spiro atoms. The molecule has 0 aromatic heterocycles. The Kier molecular flexibility index (Phi) is 7.74. The van der Waals surface area contributed by atoms with E-state index in [1.807, 2.05) is 0 Å². The number of hydrogen-bond donors (Lipinski definition) is 1. The van der Waals surface area contributed by atoms with Crippen LogP contribution in [-0.2, 0) is 0 Å². The van der Waals surface area contributed by atoms with Gasteiger partial charge in [0.05, 0.1) is 0 Å². The fourth-order valence-corrected chi connectivity index (χ4v) is 2.38. The maximum absolute atomic E-state index is 5.63. The molecule has 0 aliphatic heterocycles. The molecule has 0 bridgehead atoms. The summed E-state index contributed by atoms with van der Waals surface area (Å²) in [7, 11) is 0. The van der Waals surface area contributed by atoms with E-state index in [1.54, 1.807) is 0 Å². The van der Waals surface area contributed by atoms with Crippen LogP contribution in [0.3, 0.4) is 0 Å². The van der Waals surface area contributed by atoms with E-state index in [1.165, 1.54) is 44.1 Å². The van der Waals surface area contributed by atoms with Crippen molar-refractivity contribution in [3.8, 4) is 0 Å². The van der Waals surface area contributed by atoms with Crippen LogP contribution in [0.1, 0.15) is 63.4 Å². The Labute approximate surface area is 106 Å². The smallest absolute Gasteiger partial charge is 0.00771 e. The van der Waals surface area contributed by atoms with Crippen molar-refractivity contribution in [3.63, 3.8) is 0 Å². The van der Waals surface area contributed by atoms with Crippen LogP contribution in [0, 0.1) is 0 Å². The van der Waals surface area contributed by atoms with Crippen LogP contribution in [0.4, 0.5) is 0 Å². The van der Waals surface area contributed by atoms with Crippen LogP contribution in [0.5, 0.6) is 0 Å². The Balaban J connectivity index is 2.43. The second-order valence-electron chi connectivity index (χ2n) is 4.89. The third kappa shape index (κ3) is 5.88. The van der Waals surface area contributed by atoms with E-state index in [2.05, 4.69) is 37.3 Å². The third-order valence-corrected chi connectivity index (χ3v) is 3.43. The maximum atomic E-state index is 5.63. The van der Waals surface area contributed by atoms with E-state index in [0.717, 1.165) is 18.9 Å². The highest BCUT2D eigenvalue weighted by Crippen LogP contribution is 2.27. The standard InChI is InChI=1S/C16H27N/c1-2-3-4-6-10-16(13-9-14-17)15-11-7-5-8-12-15/h5,7-8,11-12,16H,2-4,6,9-10,13-14,17H2,1H3. The molecule has 0 radical (unpaired) electrons. The summed E-state index contributed by atoms with van der Waals surface area (Å²) in [6.45, 7) is 3.08. The van der Waals surface area contributed by atoms with Gasteiger partial charge in [0, 0.05) is 0 Å². The highest BCUT2D eigenvalue weighted by atomic mass is 14.5. The molecule has 1 heteroatoms. The molecule has 0 fully saturated rings. The van der Waals surface area contributed by atoms with Gasteiger partial charge in [-0.05, 0) is 37.3 Å². The lowest BCUT2D eigenvalue weighted by molar-refractivity contribution is 0.514. The largest absolute Gasteiger partial charge is 0.330 e. The van der Waals surface area contributed by atoms with E-state index in [-0.39, 0.29) is 0 Å². The van der Waals surface area contributed by atoms with E-state index in [0.29, 0.717) is 0 Å². The minimum Gasteiger partial charge on any atom is -0.330 e. The minimum absolute atomic E-state index is 0.719. The lowest BCUT2D eigenvalue weighted by atomic mass is 9.89. The molecule has 1 aromatic carbocycles. The zero-order valence-corrected chi connectivity index (χ0v) is 11.2. The quantitative estimate of drug-likeness (QED) is 0.625. The van der Waals surface area contributed by atoms with E-state index >= 15 is 0 Å². The van der Waals surface area contributed by atoms with Crippen molar-refractivity contribution in [1.82, 2.24) is 0 Å². The second kappa shape index (κ2) is 9.23. The summed E-state index contributed by atoms with van der Waals surface area (Å²) in [4.78, 5) is 0. The monoisotopic (exact) mass is 233 g/mol. The zero-order chi connectivity index (χ0) is 12.3. The van der Waals surface area contributed by atoms with Gasteiger partial charge in [-0.1, -0.05) is 62.9 Å². The van der Waals surface area contributed by atoms with Crippen LogP contribution in [0.2, 0.25) is 0 Å². The zero-order valence-electron chi connectivity index (χ0n) is 11.2. The normalized spacial score (nSPS) is 12.6. The molecule has 1 atom stereocenters. The topological polar surface area (TPSA) is 26.0 Å². The maximum Gasteiger partial charge on any atom is -0.00771 e. The fourth-order valence-electron chi connectivity index (χ4n) is 2.38. The first-order chi connectivity index (χ1) is 8.38. The lowest BCUT2D eigenvalue weighted by Crippen LogP contribution is -2.04. The van der Waals surface area contributed by atoms with Gasteiger partial charge in [-0.3, -0.25) is 0 Å². The summed E-state index contributed by atoms with van der Waals surface area (Å²) >= 11 is 0. The van der Waals surface area contributed by atoms with E-state index in [4.69, 9.17) is 5.73 Å². The number of nitrogens with two attached hydrogens (primary N) is 1. The molecule has 2 N–H and O–H groups in total. The average molecular weight is 233 g/mol. The summed E-state index contributed by atoms with van der Waals surface area (Å²) < 4.78 is 0. The lowest BCUT2D eigenvalue weighted by Gasteiger charge is -2.17. The first-order valence-corrected chi connectivity index (χ1v) is 7.13. The second-order valence-corrected chi connectivity index (χ2v) is 4.89. The number of hydrogen-bond acceptors (Lipinski definition) is 1. The molecule has 17 heavy (non-hydrogen) atoms. The summed E-state index contributed by atoms with van der Waals surface area (Å²) in [5.74, 6) is 0.719. The van der Waals surface area contributed by atoms with Gasteiger partial charge in [0.25, 0.3) is 0 Å². The van der Waals surface area contributed by atoms with Crippen LogP contribution in [-0.4, -0.2) is 6.54 Å². The van der Waals surface area contributed by atoms with Crippen molar-refractivity contribution >= 4 is 0 Å². The van der Waals surface area contributed by atoms with Gasteiger partial charge in [0.1, 0.15) is 0 Å². The van der Waals surface area contributed by atoms with Crippen molar-refractivity contribution in [1.29, 1.82) is 0 Å². The van der Waals surface area contributed by atoms with Crippen LogP contribution < -0.4 is 5.73 Å². The van der Waals surface area contributed by atoms with E-state index < -0.39 is 0 Å². The number of benzene rings is 1. The van der Waals surface area contributed by atoms with Gasteiger partial charge in [0.2, 0.25) is 0 Å². The van der Waals surface area contributed by atoms with Gasteiger partial charge < -0.3 is 5.73 Å². The minimum atomic E-state index is 0.719. The van der Waals surface area contributed by atoms with Crippen molar-refractivity contribution in [2.75, 3.05) is 6.54 Å². The van der Waals surface area contributed by atoms with Gasteiger partial charge in [-0.2, -0.15) is 0 Å². The third-order valence-electron chi connectivity index (χ3n) is 3.43. The van der Waals surface area contributed by atoms with Crippen LogP contribution in [0.25, 0.3) is 0 Å². The Morgan fingerprint density at radius 3 is 2.29 bits per heavy atom. The first-order valence-electron chi connectivity index (χ1n) is 7.13. The predicted octanol–water partition coefficient (Wildman–Crippen LogP) is 4.48. The summed E-state index contributed by atoms with van der Waals surface area (Å²) in [5, 5.41) is 0. The summed E-state index contributed by atoms with van der Waals surface area (Å²) in [5.41, 5.74) is 7.13. The van der Waals surface area contributed by atoms with Crippen molar-refractivity contribution in [2.24, 2.45) is 5.73 Å². The molecular weight excluding hydrogens is 206 g/mol. The Bertz CT molecular complexity index is 268. The molecule has 0 heterocycles. The summed E-state index contributed by atoms with van der Waals surface area (Å²) in [6, 6.07) is 10.9. The van der Waals surface area contributed by atoms with Gasteiger partial charge in [-0.25, -0.2) is 0 Å². The number of rotatable bonds is 9. The molecule has 0 aliphatic carbocycles. The highest BCUT2D eigenvalue weighted by molar-refractivity contribution is 5.19. The molecule has 96 valence electrons. The molecule has 1 nitrogen and oxygen atoms in total. The Hall–Kier alpha value is -0.820. The Morgan fingerprint density at radius 2 is 1.65 bits per heavy atom. The molecule has 0 saturated heterocycles. The molecular formula is C16H27N. The van der Waals surface area contributed by atoms with Gasteiger partial charge in [-0.15, -0.1) is 0 Å². The highest BCUT2D eigenvalue weighted by Gasteiger charge is 2.10. The molecule has 0 saturated carbocycles. The van der Waals surface area contributed by atoms with Crippen LogP contribution >= 0.6 is 0 Å². The average Bonchev–Trinajstić information content (AvgIpc) is 2.39. The van der Waals surface area contributed by atoms with Crippen molar-refractivity contribution in [3.05, 3.63) is 35.9 Å². The first kappa shape index (κ1) is 14.2. The molecule has 1 unspecified atom stereocenters. The molecule has 1 aromatic rings. The molecule has 0 aliphatic rings. The molecule has 0 amide bonds. The van der Waals surface area contributed by atoms with Gasteiger partial charge in [0.15, 0.2) is 0 Å². The Morgan fingerprint density at radius 1 is 0.941 bits per heavy atom. The van der Waals surface area contributed by atoms with Gasteiger partial charge >= 0.3 is 0 Å². The van der Waals surface area contributed by atoms with Crippen LogP contribution in [0.15, 0.2) is 30.3 Å². The molecule has 1 rings (SSSR count). The van der Waals surface area contributed by atoms with Crippen molar-refractivity contribution in [2.45, 2.75) is 57.8 Å². The fraction of sp³-hybridized carbons (Fsp3) is 0.625. The number of unbranched alkanes of at least 4 members (excludes halogenated alkanes) is 3.